The van der Waals surface area contributed by atoms with Crippen molar-refractivity contribution in [2.45, 2.75) is 72.3 Å². The van der Waals surface area contributed by atoms with Crippen molar-refractivity contribution in [3.8, 4) is 50.6 Å². The Morgan fingerprint density at radius 2 is 1.33 bits per heavy atom. The summed E-state index contributed by atoms with van der Waals surface area (Å²) in [5.74, 6) is 1.22. The van der Waals surface area contributed by atoms with Crippen LogP contribution in [0.3, 0.4) is 0 Å². The van der Waals surface area contributed by atoms with Gasteiger partial charge in [-0.1, -0.05) is 150 Å². The van der Waals surface area contributed by atoms with Gasteiger partial charge >= 0.3 is 6.18 Å². The summed E-state index contributed by atoms with van der Waals surface area (Å²) in [5, 5.41) is 2.61. The van der Waals surface area contributed by atoms with Crippen LogP contribution in [0.1, 0.15) is 51.4 Å². The smallest absolute Gasteiger partial charge is 0.433 e. The van der Waals surface area contributed by atoms with Crippen LogP contribution in [0.15, 0.2) is 162 Å². The third-order valence-corrected chi connectivity index (χ3v) is 14.2. The zero-order valence-corrected chi connectivity index (χ0v) is 43.4. The van der Waals surface area contributed by atoms with Gasteiger partial charge in [0.2, 0.25) is 5.71 Å². The fraction of sp³-hybridized carbons (Fsp3) is 0.203. The fourth-order valence-corrected chi connectivity index (χ4v) is 10.4. The number of nitrogens with zero attached hydrogens (tertiary/aromatic N) is 4. The van der Waals surface area contributed by atoms with E-state index in [9.17, 15) is 13.2 Å². The molecule has 0 spiro atoms. The van der Waals surface area contributed by atoms with Crippen LogP contribution in [-0.2, 0) is 38.1 Å². The number of benzene rings is 6. The van der Waals surface area contributed by atoms with Gasteiger partial charge in [-0.15, -0.1) is 54.1 Å². The first-order valence-electron chi connectivity index (χ1n) is 23.0. The van der Waals surface area contributed by atoms with Gasteiger partial charge in [-0.25, -0.2) is 4.98 Å². The minimum atomic E-state index is -4.60. The molecule has 0 saturated carbocycles. The minimum absolute atomic E-state index is 0. The largest absolute Gasteiger partial charge is 0.486 e. The Labute approximate surface area is 416 Å². The van der Waals surface area contributed by atoms with E-state index >= 15 is 0 Å². The molecule has 0 amide bonds. The molecule has 6 aromatic carbocycles. The van der Waals surface area contributed by atoms with Crippen LogP contribution in [0.25, 0.3) is 83.7 Å². The van der Waals surface area contributed by atoms with E-state index in [1.54, 1.807) is 12.1 Å². The van der Waals surface area contributed by atoms with Crippen LogP contribution >= 0.6 is 0 Å². The fourth-order valence-electron chi connectivity index (χ4n) is 8.83. The number of hydrogen-bond donors (Lipinski definition) is 0. The molecule has 4 aromatic heterocycles. The molecule has 0 saturated heterocycles. The van der Waals surface area contributed by atoms with Gasteiger partial charge in [0.05, 0.1) is 36.2 Å². The number of pyridine rings is 2. The van der Waals surface area contributed by atoms with Crippen molar-refractivity contribution in [1.82, 2.24) is 19.5 Å². The van der Waals surface area contributed by atoms with Crippen molar-refractivity contribution < 1.29 is 37.7 Å². The zero-order valence-electron chi connectivity index (χ0n) is 40.0. The summed E-state index contributed by atoms with van der Waals surface area (Å²) in [6.45, 7) is 18.4. The van der Waals surface area contributed by atoms with Gasteiger partial charge in [0.1, 0.15) is 5.69 Å². The van der Waals surface area contributed by atoms with Gasteiger partial charge in [0.15, 0.2) is 0 Å². The first-order chi connectivity index (χ1) is 32.5. The number of aromatic nitrogens is 4. The number of furan rings is 1. The maximum atomic E-state index is 13.6. The van der Waals surface area contributed by atoms with Crippen LogP contribution in [0.2, 0.25) is 19.6 Å². The topological polar surface area (TPSA) is 56.7 Å². The molecule has 0 unspecified atom stereocenters. The standard InChI is InChI=1S/C41H29F3N3O.C18H24NSi.Ir/c1-40(2,3)27-23-31(25-13-6-4-7-14-25)36(32(24-27)26-15-8-5-9-16-26)47-34-20-11-10-19-33(34)45-38(47)30-18-12-17-28-29-21-22-35(41(42,43)44)46-39(29)48-37(28)30;1-14(2)11-16-12-17(15-9-7-6-8-10-15)19-13-18(16)20(3,4)5;/h4-17,19-24H,1-3H3;6-9,12-14H,11H2,1-5H3;/q2*-1;. The molecule has 1 radical (unpaired) electrons. The predicted molar refractivity (Wildman–Crippen MR) is 275 cm³/mol. The third-order valence-electron chi connectivity index (χ3n) is 12.2. The second-order valence-electron chi connectivity index (χ2n) is 19.8. The molecule has 0 fully saturated rings. The molecule has 0 aliphatic carbocycles. The number of imidazole rings is 1. The SMILES string of the molecule is CC(C)(C)c1cc(-c2ccccc2)c(-n2c(-c3[c-]ccc4c3oc3nc(C(F)(F)F)ccc34)nc3ccccc32)c(-c2ccccc2)c1.CC(C)Cc1cc(-c2[c-]cccc2)ncc1[Si](C)(C)C.[Ir]. The molecule has 0 aliphatic rings. The Balaban J connectivity index is 0.000000257. The molecule has 0 bridgehead atoms. The summed E-state index contributed by atoms with van der Waals surface area (Å²) in [4.78, 5) is 13.7. The zero-order chi connectivity index (χ0) is 48.0. The van der Waals surface area contributed by atoms with Gasteiger partial charge in [0, 0.05) is 42.8 Å². The third kappa shape index (κ3) is 10.2. The Hall–Kier alpha value is -6.45. The average molecular weight is 1110 g/mol. The molecule has 10 rings (SSSR count). The molecule has 0 aliphatic heterocycles. The van der Waals surface area contributed by atoms with Gasteiger partial charge in [-0.3, -0.25) is 4.98 Å². The van der Waals surface area contributed by atoms with Crippen molar-refractivity contribution in [3.05, 3.63) is 187 Å². The molecule has 0 atom stereocenters. The van der Waals surface area contributed by atoms with Gasteiger partial charge < -0.3 is 14.0 Å². The molecule has 10 aromatic rings. The van der Waals surface area contributed by atoms with Crippen molar-refractivity contribution in [1.29, 1.82) is 0 Å². The van der Waals surface area contributed by atoms with E-state index in [-0.39, 0.29) is 31.2 Å². The van der Waals surface area contributed by atoms with E-state index in [4.69, 9.17) is 9.40 Å². The number of rotatable bonds is 8. The summed E-state index contributed by atoms with van der Waals surface area (Å²) in [6.07, 6.45) is -1.36. The van der Waals surface area contributed by atoms with Crippen LogP contribution in [0.4, 0.5) is 13.2 Å². The monoisotopic (exact) mass is 1110 g/mol. The Morgan fingerprint density at radius 3 is 1.93 bits per heavy atom. The summed E-state index contributed by atoms with van der Waals surface area (Å²) < 4.78 is 49.1. The second kappa shape index (κ2) is 19.5. The van der Waals surface area contributed by atoms with Crippen molar-refractivity contribution in [2.75, 3.05) is 0 Å². The number of para-hydroxylation sites is 2. The van der Waals surface area contributed by atoms with Crippen molar-refractivity contribution in [3.63, 3.8) is 0 Å². The molecule has 10 heteroatoms. The average Bonchev–Trinajstić information content (AvgIpc) is 3.89. The van der Waals surface area contributed by atoms with Crippen LogP contribution < -0.4 is 5.19 Å². The number of alkyl halides is 3. The number of fused-ring (bicyclic) bond motifs is 4. The Bertz CT molecular complexity index is 3350. The normalized spacial score (nSPS) is 12.1. The summed E-state index contributed by atoms with van der Waals surface area (Å²) in [5.41, 5.74) is 11.1. The van der Waals surface area contributed by atoms with E-state index in [0.29, 0.717) is 33.7 Å². The van der Waals surface area contributed by atoms with Crippen molar-refractivity contribution >= 4 is 46.4 Å². The van der Waals surface area contributed by atoms with Gasteiger partial charge in [-0.2, -0.15) is 13.2 Å². The molecular formula is C59H53F3IrN4OSi-2. The maximum Gasteiger partial charge on any atom is 0.433 e. The van der Waals surface area contributed by atoms with E-state index < -0.39 is 19.9 Å². The number of halogens is 3. The molecule has 351 valence electrons. The quantitative estimate of drug-likeness (QED) is 0.112. The predicted octanol–water partition coefficient (Wildman–Crippen LogP) is 15.7. The van der Waals surface area contributed by atoms with E-state index in [1.165, 1.54) is 22.4 Å². The molecule has 0 N–H and O–H groups in total. The first-order valence-corrected chi connectivity index (χ1v) is 26.5. The van der Waals surface area contributed by atoms with Gasteiger partial charge in [0.25, 0.3) is 0 Å². The van der Waals surface area contributed by atoms with E-state index in [0.717, 1.165) is 62.7 Å². The number of hydrogen-bond acceptors (Lipinski definition) is 4. The van der Waals surface area contributed by atoms with Crippen LogP contribution in [0, 0.1) is 18.1 Å². The Kier molecular flexibility index (Phi) is 13.8. The van der Waals surface area contributed by atoms with Gasteiger partial charge in [-0.05, 0) is 81.7 Å². The minimum Gasteiger partial charge on any atom is -0.486 e. The maximum absolute atomic E-state index is 13.6. The molecular weight excluding hydrogens is 1060 g/mol. The van der Waals surface area contributed by atoms with E-state index in [1.807, 2.05) is 78.9 Å². The van der Waals surface area contributed by atoms with Crippen LogP contribution in [-0.4, -0.2) is 27.6 Å². The molecule has 69 heavy (non-hydrogen) atoms. The van der Waals surface area contributed by atoms with Crippen LogP contribution in [0.5, 0.6) is 0 Å². The Morgan fingerprint density at radius 1 is 0.696 bits per heavy atom. The summed E-state index contributed by atoms with van der Waals surface area (Å²) in [7, 11) is -1.34. The summed E-state index contributed by atoms with van der Waals surface area (Å²) in [6, 6.07) is 55.9. The summed E-state index contributed by atoms with van der Waals surface area (Å²) >= 11 is 0. The van der Waals surface area contributed by atoms with Crippen molar-refractivity contribution in [2.24, 2.45) is 5.92 Å². The second-order valence-corrected chi connectivity index (χ2v) is 24.8. The molecule has 5 nitrogen and oxygen atoms in total. The molecule has 4 heterocycles. The first kappa shape index (κ1) is 49.0. The van der Waals surface area contributed by atoms with E-state index in [2.05, 4.69) is 136 Å².